The molecule has 0 bridgehead atoms. The van der Waals surface area contributed by atoms with Gasteiger partial charge in [-0.2, -0.15) is 0 Å². The van der Waals surface area contributed by atoms with Crippen LogP contribution in [-0.4, -0.2) is 26.9 Å². The molecule has 0 aromatic carbocycles. The standard InChI is InChI=1S/C15H29ClO3S/c1-12(6-8-20(16,17)18)5-7-19-14-9-13(2)10-15(3,4)11-14/h12-14H,5-11H2,1-4H3. The average molecular weight is 325 g/mol. The molecule has 0 aromatic heterocycles. The predicted molar refractivity (Wildman–Crippen MR) is 84.6 cm³/mol. The molecule has 0 radical (unpaired) electrons. The van der Waals surface area contributed by atoms with E-state index in [1.165, 1.54) is 6.42 Å². The Balaban J connectivity index is 2.23. The van der Waals surface area contributed by atoms with Gasteiger partial charge in [0.15, 0.2) is 0 Å². The van der Waals surface area contributed by atoms with Crippen LogP contribution in [0.1, 0.15) is 59.8 Å². The van der Waals surface area contributed by atoms with E-state index in [-0.39, 0.29) is 5.75 Å². The van der Waals surface area contributed by atoms with Gasteiger partial charge in [-0.25, -0.2) is 8.42 Å². The largest absolute Gasteiger partial charge is 0.378 e. The van der Waals surface area contributed by atoms with Gasteiger partial charge >= 0.3 is 0 Å². The van der Waals surface area contributed by atoms with Crippen LogP contribution in [0.3, 0.4) is 0 Å². The van der Waals surface area contributed by atoms with Gasteiger partial charge in [-0.15, -0.1) is 0 Å². The van der Waals surface area contributed by atoms with Crippen molar-refractivity contribution < 1.29 is 13.2 Å². The first-order valence-corrected chi connectivity index (χ1v) is 10.1. The van der Waals surface area contributed by atoms with Gasteiger partial charge < -0.3 is 4.74 Å². The van der Waals surface area contributed by atoms with E-state index in [9.17, 15) is 8.42 Å². The predicted octanol–water partition coefficient (Wildman–Crippen LogP) is 4.20. The smallest absolute Gasteiger partial charge is 0.232 e. The first kappa shape index (κ1) is 18.2. The van der Waals surface area contributed by atoms with E-state index >= 15 is 0 Å². The lowest BCUT2D eigenvalue weighted by Gasteiger charge is -2.38. The van der Waals surface area contributed by atoms with Crippen LogP contribution in [0.15, 0.2) is 0 Å². The van der Waals surface area contributed by atoms with E-state index in [2.05, 4.69) is 27.7 Å². The second kappa shape index (κ2) is 7.46. The molecule has 3 unspecified atom stereocenters. The number of hydrogen-bond donors (Lipinski definition) is 0. The van der Waals surface area contributed by atoms with Crippen LogP contribution < -0.4 is 0 Å². The van der Waals surface area contributed by atoms with E-state index in [4.69, 9.17) is 15.4 Å². The minimum atomic E-state index is -3.36. The van der Waals surface area contributed by atoms with Crippen molar-refractivity contribution in [1.29, 1.82) is 0 Å². The van der Waals surface area contributed by atoms with Gasteiger partial charge in [-0.3, -0.25) is 0 Å². The van der Waals surface area contributed by atoms with Gasteiger partial charge in [-0.1, -0.05) is 27.7 Å². The molecule has 1 rings (SSSR count). The summed E-state index contributed by atoms with van der Waals surface area (Å²) in [7, 11) is 1.87. The summed E-state index contributed by atoms with van der Waals surface area (Å²) in [6.07, 6.45) is 5.42. The highest BCUT2D eigenvalue weighted by atomic mass is 35.7. The van der Waals surface area contributed by atoms with Crippen LogP contribution in [0, 0.1) is 17.3 Å². The van der Waals surface area contributed by atoms with Crippen molar-refractivity contribution >= 4 is 19.7 Å². The zero-order chi connectivity index (χ0) is 15.4. The summed E-state index contributed by atoms with van der Waals surface area (Å²) in [5.74, 6) is 1.11. The van der Waals surface area contributed by atoms with Gasteiger partial charge in [0.1, 0.15) is 0 Å². The highest BCUT2D eigenvalue weighted by molar-refractivity contribution is 8.13. The fourth-order valence-electron chi connectivity index (χ4n) is 3.31. The highest BCUT2D eigenvalue weighted by Crippen LogP contribution is 2.39. The van der Waals surface area contributed by atoms with Gasteiger partial charge in [-0.05, 0) is 49.4 Å². The summed E-state index contributed by atoms with van der Waals surface area (Å²) in [6.45, 7) is 9.70. The third kappa shape index (κ3) is 7.84. The normalized spacial score (nSPS) is 28.2. The van der Waals surface area contributed by atoms with Crippen molar-refractivity contribution in [3.8, 4) is 0 Å². The number of hydrogen-bond acceptors (Lipinski definition) is 3. The zero-order valence-electron chi connectivity index (χ0n) is 13.2. The Morgan fingerprint density at radius 3 is 2.50 bits per heavy atom. The van der Waals surface area contributed by atoms with Crippen LogP contribution in [-0.2, 0) is 13.8 Å². The SMILES string of the molecule is CC(CCOC1CC(C)CC(C)(C)C1)CCS(=O)(=O)Cl. The number of halogens is 1. The molecule has 0 amide bonds. The van der Waals surface area contributed by atoms with Gasteiger partial charge in [0.25, 0.3) is 0 Å². The van der Waals surface area contributed by atoms with Crippen molar-refractivity contribution in [2.75, 3.05) is 12.4 Å². The third-order valence-electron chi connectivity index (χ3n) is 4.17. The molecule has 0 saturated heterocycles. The molecule has 120 valence electrons. The zero-order valence-corrected chi connectivity index (χ0v) is 14.8. The first-order valence-electron chi connectivity index (χ1n) is 7.61. The maximum absolute atomic E-state index is 10.9. The molecule has 3 nitrogen and oxygen atoms in total. The molecule has 1 fully saturated rings. The quantitative estimate of drug-likeness (QED) is 0.659. The second-order valence-corrected chi connectivity index (χ2v) is 10.2. The molecule has 0 aromatic rings. The Morgan fingerprint density at radius 1 is 1.30 bits per heavy atom. The summed E-state index contributed by atoms with van der Waals surface area (Å²) in [5.41, 5.74) is 0.376. The van der Waals surface area contributed by atoms with Crippen LogP contribution in [0.5, 0.6) is 0 Å². The van der Waals surface area contributed by atoms with Crippen LogP contribution in [0.2, 0.25) is 0 Å². The highest BCUT2D eigenvalue weighted by Gasteiger charge is 2.32. The molecule has 0 heterocycles. The Morgan fingerprint density at radius 2 is 1.95 bits per heavy atom. The Hall–Kier alpha value is 0.200. The molecule has 5 heteroatoms. The fraction of sp³-hybridized carbons (Fsp3) is 1.00. The lowest BCUT2D eigenvalue weighted by Crippen LogP contribution is -2.32. The average Bonchev–Trinajstić information content (AvgIpc) is 2.22. The monoisotopic (exact) mass is 324 g/mol. The molecule has 1 aliphatic rings. The fourth-order valence-corrected chi connectivity index (χ4v) is 4.26. The van der Waals surface area contributed by atoms with Crippen molar-refractivity contribution in [3.05, 3.63) is 0 Å². The van der Waals surface area contributed by atoms with Crippen LogP contribution in [0.25, 0.3) is 0 Å². The van der Waals surface area contributed by atoms with Gasteiger partial charge in [0.2, 0.25) is 9.05 Å². The summed E-state index contributed by atoms with van der Waals surface area (Å²) >= 11 is 0. The topological polar surface area (TPSA) is 43.4 Å². The molecule has 20 heavy (non-hydrogen) atoms. The van der Waals surface area contributed by atoms with Gasteiger partial charge in [0, 0.05) is 17.3 Å². The van der Waals surface area contributed by atoms with E-state index in [1.807, 2.05) is 0 Å². The maximum atomic E-state index is 10.9. The van der Waals surface area contributed by atoms with Crippen molar-refractivity contribution in [2.45, 2.75) is 65.9 Å². The van der Waals surface area contributed by atoms with Crippen LogP contribution in [0.4, 0.5) is 0 Å². The van der Waals surface area contributed by atoms with Crippen molar-refractivity contribution in [3.63, 3.8) is 0 Å². The molecule has 0 spiro atoms. The first-order chi connectivity index (χ1) is 9.07. The van der Waals surface area contributed by atoms with E-state index < -0.39 is 9.05 Å². The third-order valence-corrected chi connectivity index (χ3v) is 5.35. The molecular formula is C15H29ClO3S. The minimum absolute atomic E-state index is 0.0587. The van der Waals surface area contributed by atoms with Crippen molar-refractivity contribution in [1.82, 2.24) is 0 Å². The minimum Gasteiger partial charge on any atom is -0.378 e. The number of rotatable bonds is 7. The Kier molecular flexibility index (Phi) is 6.81. The second-order valence-electron chi connectivity index (χ2n) is 7.33. The van der Waals surface area contributed by atoms with E-state index in [0.717, 1.165) is 31.8 Å². The summed E-state index contributed by atoms with van der Waals surface area (Å²) in [5, 5.41) is 0. The Bertz CT molecular complexity index is 392. The van der Waals surface area contributed by atoms with E-state index in [0.29, 0.717) is 23.9 Å². The summed E-state index contributed by atoms with van der Waals surface area (Å²) < 4.78 is 27.8. The molecule has 0 N–H and O–H groups in total. The molecule has 1 saturated carbocycles. The molecule has 1 aliphatic carbocycles. The van der Waals surface area contributed by atoms with Gasteiger partial charge in [0.05, 0.1) is 11.9 Å². The molecular weight excluding hydrogens is 296 g/mol. The lowest BCUT2D eigenvalue weighted by molar-refractivity contribution is -0.0266. The van der Waals surface area contributed by atoms with Crippen LogP contribution >= 0.6 is 10.7 Å². The molecule has 3 atom stereocenters. The Labute approximate surface area is 128 Å². The maximum Gasteiger partial charge on any atom is 0.232 e. The number of ether oxygens (including phenoxy) is 1. The van der Waals surface area contributed by atoms with E-state index in [1.54, 1.807) is 0 Å². The molecule has 0 aliphatic heterocycles. The lowest BCUT2D eigenvalue weighted by atomic mass is 9.71. The van der Waals surface area contributed by atoms with Crippen molar-refractivity contribution in [2.24, 2.45) is 17.3 Å². The summed E-state index contributed by atoms with van der Waals surface area (Å²) in [6, 6.07) is 0. The summed E-state index contributed by atoms with van der Waals surface area (Å²) in [4.78, 5) is 0.